The highest BCUT2D eigenvalue weighted by atomic mass is 32.2. The van der Waals surface area contributed by atoms with Gasteiger partial charge in [0.1, 0.15) is 4.90 Å². The number of nitrogens with one attached hydrogen (secondary N) is 1. The Labute approximate surface area is 201 Å². The highest BCUT2D eigenvalue weighted by Crippen LogP contribution is 2.44. The van der Waals surface area contributed by atoms with E-state index in [0.717, 1.165) is 30.9 Å². The van der Waals surface area contributed by atoms with E-state index in [4.69, 9.17) is 9.84 Å². The molecule has 1 heterocycles. The summed E-state index contributed by atoms with van der Waals surface area (Å²) in [5.41, 5.74) is 1.42. The molecule has 184 valence electrons. The molecule has 0 aliphatic carbocycles. The smallest absolute Gasteiger partial charge is 0.331 e. The lowest BCUT2D eigenvalue weighted by Gasteiger charge is -2.36. The van der Waals surface area contributed by atoms with Crippen molar-refractivity contribution in [1.82, 2.24) is 4.72 Å². The Balaban J connectivity index is 2.26. The molecule has 0 radical (unpaired) electrons. The molecule has 1 aliphatic heterocycles. The summed E-state index contributed by atoms with van der Waals surface area (Å²) in [6, 6.07) is 13.0. The van der Waals surface area contributed by atoms with Crippen molar-refractivity contribution in [2.45, 2.75) is 50.0 Å². The molecule has 0 saturated carbocycles. The van der Waals surface area contributed by atoms with Gasteiger partial charge in [-0.25, -0.2) is 17.9 Å². The maximum atomic E-state index is 13.7. The van der Waals surface area contributed by atoms with Crippen LogP contribution in [-0.2, 0) is 14.8 Å². The van der Waals surface area contributed by atoms with Crippen LogP contribution in [0.3, 0.4) is 0 Å². The molecule has 0 amide bonds. The van der Waals surface area contributed by atoms with Crippen LogP contribution < -0.4 is 19.3 Å². The minimum absolute atomic E-state index is 0.0903. The third kappa shape index (κ3) is 5.53. The third-order valence-electron chi connectivity index (χ3n) is 6.07. The number of fused-ring (bicyclic) bond motifs is 1. The molecule has 0 spiro atoms. The number of carboxylic acids is 1. The van der Waals surface area contributed by atoms with Crippen molar-refractivity contribution < 1.29 is 23.1 Å². The van der Waals surface area contributed by atoms with E-state index < -0.39 is 21.5 Å². The number of para-hydroxylation sites is 1. The first kappa shape index (κ1) is 25.6. The monoisotopic (exact) mass is 487 g/mol. The van der Waals surface area contributed by atoms with E-state index in [9.17, 15) is 13.2 Å². The Morgan fingerprint density at radius 2 is 1.94 bits per heavy atom. The van der Waals surface area contributed by atoms with Crippen LogP contribution in [0.2, 0.25) is 0 Å². The fourth-order valence-corrected chi connectivity index (χ4v) is 5.88. The fourth-order valence-electron chi connectivity index (χ4n) is 4.18. The minimum Gasteiger partial charge on any atom is -0.478 e. The number of unbranched alkanes of at least 4 members (excludes halogenated alkanes) is 1. The van der Waals surface area contributed by atoms with E-state index >= 15 is 0 Å². The van der Waals surface area contributed by atoms with Gasteiger partial charge in [0.2, 0.25) is 10.0 Å². The van der Waals surface area contributed by atoms with Crippen molar-refractivity contribution >= 4 is 33.1 Å². The molecule has 0 aromatic heterocycles. The van der Waals surface area contributed by atoms with Gasteiger partial charge in [-0.1, -0.05) is 44.9 Å². The van der Waals surface area contributed by atoms with E-state index in [1.165, 1.54) is 6.07 Å². The van der Waals surface area contributed by atoms with Crippen molar-refractivity contribution in [1.29, 1.82) is 0 Å². The molecular weight excluding hydrogens is 454 g/mol. The van der Waals surface area contributed by atoms with Crippen LogP contribution in [0.15, 0.2) is 59.7 Å². The average Bonchev–Trinajstić information content (AvgIpc) is 2.90. The predicted molar refractivity (Wildman–Crippen MR) is 134 cm³/mol. The summed E-state index contributed by atoms with van der Waals surface area (Å²) in [6.07, 6.45) is 5.10. The Hall–Kier alpha value is -3.04. The number of carboxylic acid groups (broad SMARTS) is 1. The van der Waals surface area contributed by atoms with Crippen LogP contribution in [0, 0.1) is 0 Å². The fraction of sp³-hybridized carbons (Fsp3) is 0.400. The highest BCUT2D eigenvalue weighted by molar-refractivity contribution is 7.89. The quantitative estimate of drug-likeness (QED) is 0.397. The van der Waals surface area contributed by atoms with Crippen LogP contribution in [0.1, 0.15) is 39.5 Å². The lowest BCUT2D eigenvalue weighted by molar-refractivity contribution is -0.131. The van der Waals surface area contributed by atoms with Crippen molar-refractivity contribution in [3.63, 3.8) is 0 Å². The second kappa shape index (κ2) is 10.5. The second-order valence-electron chi connectivity index (χ2n) is 8.71. The summed E-state index contributed by atoms with van der Waals surface area (Å²) in [7, 11) is -0.261. The average molecular weight is 488 g/mol. The Morgan fingerprint density at radius 3 is 2.53 bits per heavy atom. The third-order valence-corrected chi connectivity index (χ3v) is 7.68. The van der Waals surface area contributed by atoms with Gasteiger partial charge in [0, 0.05) is 32.4 Å². The molecule has 0 saturated heterocycles. The molecule has 34 heavy (non-hydrogen) atoms. The first-order valence-corrected chi connectivity index (χ1v) is 12.9. The zero-order valence-electron chi connectivity index (χ0n) is 20.1. The number of carbonyl (C=O) groups is 1. The molecular formula is C25H33N3O5S. The zero-order chi connectivity index (χ0) is 24.9. The lowest BCUT2D eigenvalue weighted by atomic mass is 9.89. The van der Waals surface area contributed by atoms with Crippen LogP contribution >= 0.6 is 0 Å². The molecule has 1 atom stereocenters. The molecule has 1 aliphatic rings. The van der Waals surface area contributed by atoms with E-state index in [-0.39, 0.29) is 10.6 Å². The van der Waals surface area contributed by atoms with E-state index in [1.54, 1.807) is 6.07 Å². The van der Waals surface area contributed by atoms with Crippen molar-refractivity contribution in [3.05, 3.63) is 54.8 Å². The molecule has 0 fully saturated rings. The number of ether oxygens (including phenoxy) is 1. The first-order valence-electron chi connectivity index (χ1n) is 11.4. The number of anilines is 3. The Bertz CT molecular complexity index is 1150. The summed E-state index contributed by atoms with van der Waals surface area (Å²) in [5, 5.41) is 8.91. The molecule has 8 nitrogen and oxygen atoms in total. The minimum atomic E-state index is -3.91. The molecule has 2 N–H and O–H groups in total. The SMILES string of the molecule is CCCCC1(CC)CN(c2ccccc2)c2cc(N(C)C)c(O/C=C/C(=O)O)cc2S(=O)(=O)N1. The van der Waals surface area contributed by atoms with E-state index in [0.29, 0.717) is 30.8 Å². The van der Waals surface area contributed by atoms with Gasteiger partial charge in [0.15, 0.2) is 5.75 Å². The van der Waals surface area contributed by atoms with Crippen LogP contribution in [-0.4, -0.2) is 45.7 Å². The number of hydrogen-bond donors (Lipinski definition) is 2. The van der Waals surface area contributed by atoms with Gasteiger partial charge in [0.25, 0.3) is 0 Å². The molecule has 2 aromatic carbocycles. The zero-order valence-corrected chi connectivity index (χ0v) is 20.9. The summed E-state index contributed by atoms with van der Waals surface area (Å²) in [4.78, 5) is 14.8. The highest BCUT2D eigenvalue weighted by Gasteiger charge is 2.41. The Morgan fingerprint density at radius 1 is 1.24 bits per heavy atom. The number of rotatable bonds is 9. The number of hydrogen-bond acceptors (Lipinski definition) is 6. The van der Waals surface area contributed by atoms with Gasteiger partial charge in [0.05, 0.1) is 29.3 Å². The number of aliphatic carboxylic acids is 1. The molecule has 1 unspecified atom stereocenters. The maximum Gasteiger partial charge on any atom is 0.331 e. The van der Waals surface area contributed by atoms with Crippen molar-refractivity contribution in [2.24, 2.45) is 0 Å². The maximum absolute atomic E-state index is 13.7. The van der Waals surface area contributed by atoms with Gasteiger partial charge in [-0.05, 0) is 31.0 Å². The van der Waals surface area contributed by atoms with Crippen molar-refractivity contribution in [3.8, 4) is 5.75 Å². The first-order chi connectivity index (χ1) is 16.1. The lowest BCUT2D eigenvalue weighted by Crippen LogP contribution is -2.52. The Kier molecular flexibility index (Phi) is 7.89. The number of sulfonamides is 1. The normalized spacial score (nSPS) is 19.5. The molecule has 3 rings (SSSR count). The molecule has 2 aromatic rings. The van der Waals surface area contributed by atoms with E-state index in [2.05, 4.69) is 16.5 Å². The van der Waals surface area contributed by atoms with E-state index in [1.807, 2.05) is 56.3 Å². The van der Waals surface area contributed by atoms with Crippen molar-refractivity contribution in [2.75, 3.05) is 30.4 Å². The standard InChI is InChI=1S/C25H33N3O5S/c1-5-7-14-25(6-2)18-28(19-11-9-8-10-12-19)21-16-20(27(3)4)22(33-15-13-24(29)30)17-23(21)34(31,32)26-25/h8-13,15-17,26H,5-7,14,18H2,1-4H3,(H,29,30)/b15-13+. The van der Waals surface area contributed by atoms with Gasteiger partial charge in [-0.15, -0.1) is 0 Å². The van der Waals surface area contributed by atoms with Crippen LogP contribution in [0.5, 0.6) is 5.75 Å². The number of nitrogens with zero attached hydrogens (tertiary/aromatic N) is 2. The summed E-state index contributed by atoms with van der Waals surface area (Å²) < 4.78 is 36.0. The second-order valence-corrected chi connectivity index (χ2v) is 10.4. The number of benzene rings is 2. The van der Waals surface area contributed by atoms with Gasteiger partial charge < -0.3 is 19.6 Å². The van der Waals surface area contributed by atoms with Gasteiger partial charge >= 0.3 is 5.97 Å². The summed E-state index contributed by atoms with van der Waals surface area (Å²) in [5.74, 6) is -0.911. The van der Waals surface area contributed by atoms with Crippen LogP contribution in [0.4, 0.5) is 17.1 Å². The topological polar surface area (TPSA) is 99.2 Å². The largest absolute Gasteiger partial charge is 0.478 e. The summed E-state index contributed by atoms with van der Waals surface area (Å²) in [6.45, 7) is 4.58. The van der Waals surface area contributed by atoms with Gasteiger partial charge in [-0.3, -0.25) is 0 Å². The molecule has 0 bridgehead atoms. The summed E-state index contributed by atoms with van der Waals surface area (Å²) >= 11 is 0. The van der Waals surface area contributed by atoms with Gasteiger partial charge in [-0.2, -0.15) is 0 Å². The molecule has 9 heteroatoms. The van der Waals surface area contributed by atoms with Crippen LogP contribution in [0.25, 0.3) is 0 Å². The predicted octanol–water partition coefficient (Wildman–Crippen LogP) is 4.50.